The Labute approximate surface area is 136 Å². The van der Waals surface area contributed by atoms with Crippen LogP contribution in [0.4, 0.5) is 0 Å². The van der Waals surface area contributed by atoms with Crippen molar-refractivity contribution in [3.05, 3.63) is 51.1 Å². The standard InChI is InChI=1S/C16H12ClN3OS/c1-9-8-22-16(20-9)13(6-18)15(21)4-10-7-19-14-5-11(17)2-3-12(10)14/h2-3,5,7-8,13,19H,4H2,1H3/t13-/m1/s1. The molecule has 1 atom stereocenters. The highest BCUT2D eigenvalue weighted by Gasteiger charge is 2.24. The van der Waals surface area contributed by atoms with Gasteiger partial charge >= 0.3 is 0 Å². The molecule has 0 saturated carbocycles. The molecule has 0 unspecified atom stereocenters. The zero-order valence-electron chi connectivity index (χ0n) is 11.8. The Balaban J connectivity index is 1.87. The van der Waals surface area contributed by atoms with E-state index < -0.39 is 5.92 Å². The Morgan fingerprint density at radius 2 is 2.36 bits per heavy atom. The van der Waals surface area contributed by atoms with Gasteiger partial charge in [0.05, 0.1) is 6.07 Å². The number of thiazole rings is 1. The molecule has 0 amide bonds. The van der Waals surface area contributed by atoms with Crippen LogP contribution in [-0.2, 0) is 11.2 Å². The molecule has 0 spiro atoms. The molecule has 0 aliphatic carbocycles. The van der Waals surface area contributed by atoms with E-state index in [9.17, 15) is 10.1 Å². The van der Waals surface area contributed by atoms with Crippen LogP contribution in [0.25, 0.3) is 10.9 Å². The molecule has 4 nitrogen and oxygen atoms in total. The quantitative estimate of drug-likeness (QED) is 0.786. The summed E-state index contributed by atoms with van der Waals surface area (Å²) >= 11 is 7.30. The SMILES string of the molecule is Cc1csc([C@H](C#N)C(=O)Cc2c[nH]c3cc(Cl)ccc23)n1. The third-order valence-corrected chi connectivity index (χ3v) is 4.69. The van der Waals surface area contributed by atoms with Crippen LogP contribution in [0.3, 0.4) is 0 Å². The molecule has 0 aliphatic heterocycles. The molecule has 22 heavy (non-hydrogen) atoms. The maximum Gasteiger partial charge on any atom is 0.161 e. The number of aryl methyl sites for hydroxylation is 1. The van der Waals surface area contributed by atoms with Crippen molar-refractivity contribution in [3.63, 3.8) is 0 Å². The highest BCUT2D eigenvalue weighted by atomic mass is 35.5. The number of halogens is 1. The van der Waals surface area contributed by atoms with Gasteiger partial charge in [-0.1, -0.05) is 17.7 Å². The third-order valence-electron chi connectivity index (χ3n) is 3.43. The van der Waals surface area contributed by atoms with Gasteiger partial charge in [0, 0.05) is 39.6 Å². The van der Waals surface area contributed by atoms with E-state index in [1.54, 1.807) is 12.3 Å². The van der Waals surface area contributed by atoms with E-state index in [2.05, 4.69) is 16.0 Å². The molecule has 0 aliphatic rings. The van der Waals surface area contributed by atoms with Gasteiger partial charge in [0.15, 0.2) is 11.7 Å². The summed E-state index contributed by atoms with van der Waals surface area (Å²) in [6, 6.07) is 7.55. The number of H-pyrrole nitrogens is 1. The van der Waals surface area contributed by atoms with E-state index in [1.165, 1.54) is 11.3 Å². The fraction of sp³-hybridized carbons (Fsp3) is 0.188. The van der Waals surface area contributed by atoms with E-state index in [0.29, 0.717) is 10.0 Å². The van der Waals surface area contributed by atoms with Crippen LogP contribution in [0.2, 0.25) is 5.02 Å². The van der Waals surface area contributed by atoms with Gasteiger partial charge in [-0.2, -0.15) is 5.26 Å². The summed E-state index contributed by atoms with van der Waals surface area (Å²) < 4.78 is 0. The van der Waals surface area contributed by atoms with E-state index in [0.717, 1.165) is 22.2 Å². The maximum absolute atomic E-state index is 12.5. The number of fused-ring (bicyclic) bond motifs is 1. The minimum absolute atomic E-state index is 0.146. The van der Waals surface area contributed by atoms with Gasteiger partial charge in [0.1, 0.15) is 5.01 Å². The molecular formula is C16H12ClN3OS. The second kappa shape index (κ2) is 5.91. The first-order valence-corrected chi connectivity index (χ1v) is 7.94. The molecule has 3 rings (SSSR count). The Kier molecular flexibility index (Phi) is 3.97. The number of nitriles is 1. The van der Waals surface area contributed by atoms with Crippen LogP contribution in [0, 0.1) is 18.3 Å². The molecule has 0 radical (unpaired) electrons. The molecule has 1 N–H and O–H groups in total. The van der Waals surface area contributed by atoms with Crippen molar-refractivity contribution >= 4 is 39.6 Å². The summed E-state index contributed by atoms with van der Waals surface area (Å²) in [5, 5.41) is 13.3. The number of Topliss-reactive ketones (excluding diaryl/α,β-unsaturated/α-hetero) is 1. The van der Waals surface area contributed by atoms with Crippen LogP contribution in [0.15, 0.2) is 29.8 Å². The normalized spacial score (nSPS) is 12.2. The molecule has 3 aromatic rings. The fourth-order valence-corrected chi connectivity index (χ4v) is 3.40. The predicted molar refractivity (Wildman–Crippen MR) is 87.2 cm³/mol. The van der Waals surface area contributed by atoms with Crippen molar-refractivity contribution in [1.29, 1.82) is 5.26 Å². The van der Waals surface area contributed by atoms with Crippen molar-refractivity contribution in [1.82, 2.24) is 9.97 Å². The van der Waals surface area contributed by atoms with Gasteiger partial charge in [-0.25, -0.2) is 4.98 Å². The van der Waals surface area contributed by atoms with Crippen LogP contribution < -0.4 is 0 Å². The van der Waals surface area contributed by atoms with E-state index in [4.69, 9.17) is 11.6 Å². The summed E-state index contributed by atoms with van der Waals surface area (Å²) in [5.41, 5.74) is 2.58. The topological polar surface area (TPSA) is 69.5 Å². The Morgan fingerprint density at radius 1 is 1.55 bits per heavy atom. The molecular weight excluding hydrogens is 318 g/mol. The third kappa shape index (κ3) is 2.76. The second-order valence-corrected chi connectivity index (χ2v) is 6.36. The molecule has 0 bridgehead atoms. The Hall–Kier alpha value is -2.16. The van der Waals surface area contributed by atoms with Crippen molar-refractivity contribution in [3.8, 4) is 6.07 Å². The van der Waals surface area contributed by atoms with E-state index in [1.807, 2.05) is 24.4 Å². The number of aromatic amines is 1. The smallest absolute Gasteiger partial charge is 0.161 e. The van der Waals surface area contributed by atoms with E-state index in [-0.39, 0.29) is 12.2 Å². The monoisotopic (exact) mass is 329 g/mol. The average molecular weight is 330 g/mol. The minimum Gasteiger partial charge on any atom is -0.361 e. The molecule has 2 heterocycles. The summed E-state index contributed by atoms with van der Waals surface area (Å²) in [4.78, 5) is 19.8. The number of benzene rings is 1. The van der Waals surface area contributed by atoms with Gasteiger partial charge in [0.25, 0.3) is 0 Å². The van der Waals surface area contributed by atoms with Crippen LogP contribution in [0.5, 0.6) is 0 Å². The van der Waals surface area contributed by atoms with Crippen LogP contribution in [0.1, 0.15) is 22.2 Å². The summed E-state index contributed by atoms with van der Waals surface area (Å²) in [6.07, 6.45) is 1.99. The number of nitrogens with one attached hydrogen (secondary N) is 1. The molecule has 0 fully saturated rings. The first-order chi connectivity index (χ1) is 10.6. The van der Waals surface area contributed by atoms with Crippen LogP contribution >= 0.6 is 22.9 Å². The van der Waals surface area contributed by atoms with E-state index >= 15 is 0 Å². The zero-order chi connectivity index (χ0) is 15.7. The number of ketones is 1. The van der Waals surface area contributed by atoms with Gasteiger partial charge in [-0.15, -0.1) is 11.3 Å². The highest BCUT2D eigenvalue weighted by molar-refractivity contribution is 7.09. The number of carbonyl (C=O) groups excluding carboxylic acids is 1. The number of rotatable bonds is 4. The van der Waals surface area contributed by atoms with Crippen molar-refractivity contribution in [2.75, 3.05) is 0 Å². The number of hydrogen-bond acceptors (Lipinski definition) is 4. The Morgan fingerprint density at radius 3 is 3.05 bits per heavy atom. The summed E-state index contributed by atoms with van der Waals surface area (Å²) in [7, 11) is 0. The van der Waals surface area contributed by atoms with Crippen molar-refractivity contribution < 1.29 is 4.79 Å². The summed E-state index contributed by atoms with van der Waals surface area (Å²) in [5.74, 6) is -0.955. The zero-order valence-corrected chi connectivity index (χ0v) is 13.3. The lowest BCUT2D eigenvalue weighted by atomic mass is 9.99. The first kappa shape index (κ1) is 14.8. The minimum atomic E-state index is -0.809. The van der Waals surface area contributed by atoms with Gasteiger partial charge in [0.2, 0.25) is 0 Å². The Bertz CT molecular complexity index is 890. The van der Waals surface area contributed by atoms with Gasteiger partial charge < -0.3 is 4.98 Å². The van der Waals surface area contributed by atoms with Gasteiger partial charge in [-0.3, -0.25) is 4.79 Å². The first-order valence-electron chi connectivity index (χ1n) is 6.68. The number of aromatic nitrogens is 2. The van der Waals surface area contributed by atoms with Crippen molar-refractivity contribution in [2.24, 2.45) is 0 Å². The lowest BCUT2D eigenvalue weighted by molar-refractivity contribution is -0.118. The largest absolute Gasteiger partial charge is 0.361 e. The second-order valence-electron chi connectivity index (χ2n) is 5.04. The molecule has 0 saturated heterocycles. The predicted octanol–water partition coefficient (Wildman–Crippen LogP) is 4.01. The van der Waals surface area contributed by atoms with Gasteiger partial charge in [-0.05, 0) is 24.6 Å². The average Bonchev–Trinajstić information content (AvgIpc) is 3.07. The lowest BCUT2D eigenvalue weighted by Crippen LogP contribution is -2.13. The fourth-order valence-electron chi connectivity index (χ4n) is 2.36. The lowest BCUT2D eigenvalue weighted by Gasteiger charge is -2.04. The summed E-state index contributed by atoms with van der Waals surface area (Å²) in [6.45, 7) is 1.85. The van der Waals surface area contributed by atoms with Crippen LogP contribution in [-0.4, -0.2) is 15.8 Å². The number of carbonyl (C=O) groups is 1. The number of nitrogens with zero attached hydrogens (tertiary/aromatic N) is 2. The number of hydrogen-bond donors (Lipinski definition) is 1. The highest BCUT2D eigenvalue weighted by Crippen LogP contribution is 2.26. The maximum atomic E-state index is 12.5. The molecule has 2 aromatic heterocycles. The molecule has 1 aromatic carbocycles. The van der Waals surface area contributed by atoms with Crippen molar-refractivity contribution in [2.45, 2.75) is 19.3 Å². The molecule has 110 valence electrons. The molecule has 6 heteroatoms.